The van der Waals surface area contributed by atoms with Crippen LogP contribution >= 0.6 is 0 Å². The number of benzene rings is 1. The van der Waals surface area contributed by atoms with Crippen molar-refractivity contribution in [2.24, 2.45) is 0 Å². The summed E-state index contributed by atoms with van der Waals surface area (Å²) < 4.78 is 0. The standard InChI is InChI=1S/C13H17N3O4/c1-4-15(8-13(18)14(2)3)11-5-6-12(16(19)20)10(7-11)9-17/h5-7,9H,4,8H2,1-3H3. The van der Waals surface area contributed by atoms with Crippen molar-refractivity contribution in [1.29, 1.82) is 0 Å². The van der Waals surface area contributed by atoms with Gasteiger partial charge < -0.3 is 9.80 Å². The first kappa shape index (κ1) is 15.6. The van der Waals surface area contributed by atoms with Gasteiger partial charge in [0.25, 0.3) is 5.69 Å². The van der Waals surface area contributed by atoms with Crippen molar-refractivity contribution in [3.63, 3.8) is 0 Å². The number of aldehydes is 1. The smallest absolute Gasteiger partial charge is 0.280 e. The number of rotatable bonds is 6. The number of hydrogen-bond donors (Lipinski definition) is 0. The molecule has 0 bridgehead atoms. The molecule has 0 radical (unpaired) electrons. The molecule has 0 fully saturated rings. The van der Waals surface area contributed by atoms with Crippen molar-refractivity contribution < 1.29 is 14.5 Å². The Hall–Kier alpha value is -2.44. The van der Waals surface area contributed by atoms with E-state index >= 15 is 0 Å². The summed E-state index contributed by atoms with van der Waals surface area (Å²) in [6, 6.07) is 4.25. The molecule has 108 valence electrons. The van der Waals surface area contributed by atoms with Crippen LogP contribution in [-0.2, 0) is 4.79 Å². The number of amides is 1. The zero-order valence-corrected chi connectivity index (χ0v) is 11.7. The number of anilines is 1. The Morgan fingerprint density at radius 1 is 1.40 bits per heavy atom. The molecule has 0 saturated carbocycles. The Labute approximate surface area is 116 Å². The van der Waals surface area contributed by atoms with E-state index < -0.39 is 4.92 Å². The lowest BCUT2D eigenvalue weighted by Crippen LogP contribution is -2.36. The minimum atomic E-state index is -0.602. The highest BCUT2D eigenvalue weighted by molar-refractivity contribution is 5.85. The molecule has 0 heterocycles. The third-order valence-corrected chi connectivity index (χ3v) is 2.91. The van der Waals surface area contributed by atoms with Gasteiger partial charge in [0.2, 0.25) is 5.91 Å². The highest BCUT2D eigenvalue weighted by Crippen LogP contribution is 2.23. The summed E-state index contributed by atoms with van der Waals surface area (Å²) in [5, 5.41) is 10.8. The van der Waals surface area contributed by atoms with Crippen LogP contribution in [-0.4, -0.2) is 49.2 Å². The molecule has 1 rings (SSSR count). The third-order valence-electron chi connectivity index (χ3n) is 2.91. The van der Waals surface area contributed by atoms with Crippen LogP contribution < -0.4 is 4.90 Å². The summed E-state index contributed by atoms with van der Waals surface area (Å²) in [6.07, 6.45) is 0.448. The number of nitro benzene ring substituents is 1. The predicted molar refractivity (Wildman–Crippen MR) is 75.1 cm³/mol. The molecule has 0 saturated heterocycles. The summed E-state index contributed by atoms with van der Waals surface area (Å²) in [7, 11) is 3.31. The minimum absolute atomic E-state index is 0.00301. The lowest BCUT2D eigenvalue weighted by molar-refractivity contribution is -0.385. The van der Waals surface area contributed by atoms with Gasteiger partial charge in [-0.05, 0) is 19.1 Å². The van der Waals surface area contributed by atoms with Gasteiger partial charge in [-0.2, -0.15) is 0 Å². The fourth-order valence-corrected chi connectivity index (χ4v) is 1.69. The van der Waals surface area contributed by atoms with Gasteiger partial charge in [-0.15, -0.1) is 0 Å². The molecule has 7 nitrogen and oxygen atoms in total. The van der Waals surface area contributed by atoms with Gasteiger partial charge in [0.05, 0.1) is 17.0 Å². The molecule has 20 heavy (non-hydrogen) atoms. The molecule has 0 atom stereocenters. The topological polar surface area (TPSA) is 83.8 Å². The lowest BCUT2D eigenvalue weighted by Gasteiger charge is -2.24. The Balaban J connectivity index is 3.08. The summed E-state index contributed by atoms with van der Waals surface area (Å²) >= 11 is 0. The maximum atomic E-state index is 11.7. The van der Waals surface area contributed by atoms with Crippen LogP contribution in [0.2, 0.25) is 0 Å². The highest BCUT2D eigenvalue weighted by Gasteiger charge is 2.17. The van der Waals surface area contributed by atoms with Crippen molar-refractivity contribution in [2.75, 3.05) is 32.1 Å². The molecule has 0 aliphatic heterocycles. The largest absolute Gasteiger partial charge is 0.362 e. The van der Waals surface area contributed by atoms with E-state index in [0.29, 0.717) is 18.5 Å². The second-order valence-corrected chi connectivity index (χ2v) is 4.42. The fraction of sp³-hybridized carbons (Fsp3) is 0.385. The van der Waals surface area contributed by atoms with E-state index in [2.05, 4.69) is 0 Å². The number of nitro groups is 1. The van der Waals surface area contributed by atoms with Crippen LogP contribution in [0.25, 0.3) is 0 Å². The summed E-state index contributed by atoms with van der Waals surface area (Å²) in [5.41, 5.74) is 0.373. The summed E-state index contributed by atoms with van der Waals surface area (Å²) in [6.45, 7) is 2.57. The number of carbonyl (C=O) groups is 2. The van der Waals surface area contributed by atoms with Crippen LogP contribution in [0.5, 0.6) is 0 Å². The first-order valence-electron chi connectivity index (χ1n) is 6.09. The number of likely N-dealkylation sites (N-methyl/N-ethyl adjacent to an activating group) is 2. The first-order chi connectivity index (χ1) is 9.40. The molecule has 1 aromatic carbocycles. The normalized spacial score (nSPS) is 9.95. The molecule has 7 heteroatoms. The molecule has 0 aromatic heterocycles. The van der Waals surface area contributed by atoms with Crippen molar-refractivity contribution >= 4 is 23.6 Å². The van der Waals surface area contributed by atoms with Gasteiger partial charge in [0, 0.05) is 32.4 Å². The molecular weight excluding hydrogens is 262 g/mol. The van der Waals surface area contributed by atoms with Crippen molar-refractivity contribution in [3.05, 3.63) is 33.9 Å². The Bertz CT molecular complexity index is 528. The van der Waals surface area contributed by atoms with E-state index in [1.165, 1.54) is 23.1 Å². The predicted octanol–water partition coefficient (Wildman–Crippen LogP) is 1.32. The fourth-order valence-electron chi connectivity index (χ4n) is 1.69. The minimum Gasteiger partial charge on any atom is -0.362 e. The average Bonchev–Trinajstić information content (AvgIpc) is 2.43. The molecule has 0 aliphatic rings. The van der Waals surface area contributed by atoms with Gasteiger partial charge in [-0.1, -0.05) is 0 Å². The zero-order chi connectivity index (χ0) is 15.3. The van der Waals surface area contributed by atoms with Gasteiger partial charge in [0.15, 0.2) is 6.29 Å². The number of hydrogen-bond acceptors (Lipinski definition) is 5. The van der Waals surface area contributed by atoms with Crippen LogP contribution in [0.3, 0.4) is 0 Å². The third kappa shape index (κ3) is 3.53. The van der Waals surface area contributed by atoms with Gasteiger partial charge >= 0.3 is 0 Å². The van der Waals surface area contributed by atoms with Crippen molar-refractivity contribution in [1.82, 2.24) is 4.90 Å². The average molecular weight is 279 g/mol. The Morgan fingerprint density at radius 2 is 2.05 bits per heavy atom. The SMILES string of the molecule is CCN(CC(=O)N(C)C)c1ccc([N+](=O)[O-])c(C=O)c1. The monoisotopic (exact) mass is 279 g/mol. The quantitative estimate of drug-likeness (QED) is 0.445. The van der Waals surface area contributed by atoms with Crippen molar-refractivity contribution in [2.45, 2.75) is 6.92 Å². The van der Waals surface area contributed by atoms with E-state index in [-0.39, 0.29) is 23.7 Å². The first-order valence-corrected chi connectivity index (χ1v) is 6.09. The van der Waals surface area contributed by atoms with Crippen molar-refractivity contribution in [3.8, 4) is 0 Å². The molecule has 0 aliphatic carbocycles. The van der Waals surface area contributed by atoms with E-state index in [9.17, 15) is 19.7 Å². The Kier molecular flexibility index (Phi) is 5.19. The maximum Gasteiger partial charge on any atom is 0.280 e. The lowest BCUT2D eigenvalue weighted by atomic mass is 10.1. The summed E-state index contributed by atoms with van der Waals surface area (Å²) in [4.78, 5) is 36.0. The molecule has 1 amide bonds. The van der Waals surface area contributed by atoms with Crippen LogP contribution in [0.4, 0.5) is 11.4 Å². The highest BCUT2D eigenvalue weighted by atomic mass is 16.6. The number of carbonyl (C=O) groups excluding carboxylic acids is 2. The van der Waals surface area contributed by atoms with Gasteiger partial charge in [-0.25, -0.2) is 0 Å². The molecule has 1 aromatic rings. The second kappa shape index (κ2) is 6.65. The van der Waals surface area contributed by atoms with Crippen LogP contribution in [0.1, 0.15) is 17.3 Å². The van der Waals surface area contributed by atoms with E-state index in [4.69, 9.17) is 0 Å². The molecule has 0 unspecified atom stereocenters. The van der Waals surface area contributed by atoms with Crippen LogP contribution in [0, 0.1) is 10.1 Å². The Morgan fingerprint density at radius 3 is 2.50 bits per heavy atom. The second-order valence-electron chi connectivity index (χ2n) is 4.42. The van der Waals surface area contributed by atoms with E-state index in [1.54, 1.807) is 19.0 Å². The molecule has 0 N–H and O–H groups in total. The van der Waals surface area contributed by atoms with Gasteiger partial charge in [-0.3, -0.25) is 19.7 Å². The number of nitrogens with zero attached hydrogens (tertiary/aromatic N) is 3. The van der Waals surface area contributed by atoms with Crippen LogP contribution in [0.15, 0.2) is 18.2 Å². The molecular formula is C13H17N3O4. The zero-order valence-electron chi connectivity index (χ0n) is 11.7. The maximum absolute atomic E-state index is 11.7. The summed E-state index contributed by atoms with van der Waals surface area (Å²) in [5.74, 6) is -0.0853. The van der Waals surface area contributed by atoms with E-state index in [1.807, 2.05) is 6.92 Å². The van der Waals surface area contributed by atoms with E-state index in [0.717, 1.165) is 0 Å². The van der Waals surface area contributed by atoms with Gasteiger partial charge in [0.1, 0.15) is 0 Å². The molecule has 0 spiro atoms.